The molecule has 0 aromatic rings. The van der Waals surface area contributed by atoms with Gasteiger partial charge in [0, 0.05) is 0 Å². The average molecular weight is 241 g/mol. The number of terminal acetylenes is 1. The molecule has 0 bridgehead atoms. The van der Waals surface area contributed by atoms with Crippen molar-refractivity contribution in [1.82, 2.24) is 0 Å². The van der Waals surface area contributed by atoms with Crippen LogP contribution in [0.1, 0.15) is 12.8 Å². The van der Waals surface area contributed by atoms with Gasteiger partial charge in [0.15, 0.2) is 5.75 Å². The summed E-state index contributed by atoms with van der Waals surface area (Å²) < 4.78 is 0. The van der Waals surface area contributed by atoms with Gasteiger partial charge >= 0.3 is 0 Å². The molecule has 60 valence electrons. The monoisotopic (exact) mass is 240 g/mol. The molecule has 0 saturated carbocycles. The number of halogens is 1. The molecular formula is C7H13BrS2. The average Bonchev–Trinajstić information content (AvgIpc) is 2.43. The molecule has 1 fully saturated rings. The highest BCUT2D eigenvalue weighted by Gasteiger charge is 1.95. The Morgan fingerprint density at radius 2 is 1.80 bits per heavy atom. The van der Waals surface area contributed by atoms with Gasteiger partial charge in [0.25, 0.3) is 0 Å². The highest BCUT2D eigenvalue weighted by atomic mass is 79.9. The highest BCUT2D eigenvalue weighted by Crippen LogP contribution is 2.14. The third kappa shape index (κ3) is 11.5. The molecule has 0 unspecified atom stereocenters. The lowest BCUT2D eigenvalue weighted by molar-refractivity contribution is -0.00000177. The van der Waals surface area contributed by atoms with Crippen LogP contribution < -0.4 is 17.0 Å². The molecule has 1 rings (SSSR count). The first-order valence-electron chi connectivity index (χ1n) is 3.07. The fourth-order valence-electron chi connectivity index (χ4n) is 0.510. The van der Waals surface area contributed by atoms with Crippen LogP contribution in [0.3, 0.4) is 0 Å². The van der Waals surface area contributed by atoms with E-state index in [0.717, 1.165) is 0 Å². The molecule has 0 N–H and O–H groups in total. The Hall–Kier alpha value is 0.740. The first-order chi connectivity index (χ1) is 4.41. The van der Waals surface area contributed by atoms with E-state index in [1.54, 1.807) is 0 Å². The van der Waals surface area contributed by atoms with E-state index in [4.69, 9.17) is 6.42 Å². The molecule has 1 saturated heterocycles. The van der Waals surface area contributed by atoms with Crippen LogP contribution in [0.5, 0.6) is 0 Å². The van der Waals surface area contributed by atoms with Crippen LogP contribution in [0.4, 0.5) is 0 Å². The second-order valence-corrected chi connectivity index (χ2v) is 3.28. The van der Waals surface area contributed by atoms with Gasteiger partial charge in [-0.05, 0) is 37.0 Å². The van der Waals surface area contributed by atoms with Crippen molar-refractivity contribution in [3.05, 3.63) is 0 Å². The first-order valence-corrected chi connectivity index (χ1v) is 4.93. The molecule has 0 aromatic carbocycles. The maximum Gasteiger partial charge on any atom is 0.163 e. The Morgan fingerprint density at radius 1 is 1.40 bits per heavy atom. The third-order valence-electron chi connectivity index (χ3n) is 0.929. The molecule has 1 aliphatic rings. The molecular weight excluding hydrogens is 228 g/mol. The Bertz CT molecular complexity index is 76.5. The normalized spacial score (nSPS) is 14.0. The maximum atomic E-state index is 4.73. The van der Waals surface area contributed by atoms with Crippen LogP contribution in [0.15, 0.2) is 0 Å². The van der Waals surface area contributed by atoms with Crippen molar-refractivity contribution in [3.8, 4) is 12.3 Å². The quantitative estimate of drug-likeness (QED) is 0.354. The Morgan fingerprint density at radius 3 is 1.90 bits per heavy atom. The van der Waals surface area contributed by atoms with E-state index in [9.17, 15) is 0 Å². The maximum absolute atomic E-state index is 4.73. The van der Waals surface area contributed by atoms with Crippen LogP contribution in [-0.2, 0) is 12.6 Å². The van der Waals surface area contributed by atoms with Gasteiger partial charge in [-0.25, -0.2) is 0 Å². The van der Waals surface area contributed by atoms with Crippen LogP contribution >= 0.6 is 11.8 Å². The minimum Gasteiger partial charge on any atom is -1.00 e. The molecule has 0 aromatic heterocycles. The van der Waals surface area contributed by atoms with Crippen molar-refractivity contribution in [1.29, 1.82) is 0 Å². The number of rotatable bonds is 0. The van der Waals surface area contributed by atoms with Crippen molar-refractivity contribution in [3.63, 3.8) is 0 Å². The number of hydrogen-bond donors (Lipinski definition) is 0. The third-order valence-corrected chi connectivity index (χ3v) is 2.29. The van der Waals surface area contributed by atoms with Gasteiger partial charge in [0.1, 0.15) is 0 Å². The fraction of sp³-hybridized carbons (Fsp3) is 0.714. The standard InChI is InChI=1S/C4H8S.C3H4S.BrH/c1-2-4-5-3-1;1-2-3-4;/h1-4H2;1,4H,3H2;1H. The molecule has 0 spiro atoms. The summed E-state index contributed by atoms with van der Waals surface area (Å²) >= 11 is 5.13. The summed E-state index contributed by atoms with van der Waals surface area (Å²) in [6.07, 6.45) is 7.66. The highest BCUT2D eigenvalue weighted by molar-refractivity contribution is 7.99. The predicted molar refractivity (Wildman–Crippen MR) is 50.4 cm³/mol. The summed E-state index contributed by atoms with van der Waals surface area (Å²) in [7, 11) is 0. The lowest BCUT2D eigenvalue weighted by Crippen LogP contribution is -3.00. The zero-order valence-corrected chi connectivity index (χ0v) is 9.30. The zero-order chi connectivity index (χ0) is 6.95. The summed E-state index contributed by atoms with van der Waals surface area (Å²) in [5.74, 6) is 5.83. The zero-order valence-electron chi connectivity index (χ0n) is 5.90. The lowest BCUT2D eigenvalue weighted by atomic mass is 10.4. The minimum absolute atomic E-state index is 0. The molecule has 1 aliphatic heterocycles. The van der Waals surface area contributed by atoms with Gasteiger partial charge in [0.2, 0.25) is 0 Å². The lowest BCUT2D eigenvalue weighted by Gasteiger charge is -1.69. The van der Waals surface area contributed by atoms with E-state index < -0.39 is 0 Å². The van der Waals surface area contributed by atoms with E-state index in [1.807, 2.05) is 0 Å². The van der Waals surface area contributed by atoms with Gasteiger partial charge in [0.05, 0.1) is 0 Å². The van der Waals surface area contributed by atoms with Gasteiger partial charge < -0.3 is 17.0 Å². The molecule has 0 amide bonds. The van der Waals surface area contributed by atoms with Crippen molar-refractivity contribution in [2.24, 2.45) is 0 Å². The van der Waals surface area contributed by atoms with Gasteiger partial charge in [-0.15, -0.1) is 6.42 Å². The molecule has 0 nitrogen and oxygen atoms in total. The first kappa shape index (κ1) is 13.3. The minimum atomic E-state index is 0. The van der Waals surface area contributed by atoms with Gasteiger partial charge in [-0.3, -0.25) is 0 Å². The summed E-state index contributed by atoms with van der Waals surface area (Å²) in [5, 5.41) is 0. The smallest absolute Gasteiger partial charge is 0.163 e. The topological polar surface area (TPSA) is 0 Å². The van der Waals surface area contributed by atoms with E-state index >= 15 is 0 Å². The second-order valence-electron chi connectivity index (χ2n) is 1.70. The largest absolute Gasteiger partial charge is 1.00 e. The van der Waals surface area contributed by atoms with Crippen LogP contribution in [0, 0.1) is 12.3 Å². The number of hydrogen-bond acceptors (Lipinski definition) is 1. The molecule has 0 radical (unpaired) electrons. The summed E-state index contributed by atoms with van der Waals surface area (Å²) in [6, 6.07) is 0. The van der Waals surface area contributed by atoms with E-state index in [0.29, 0.717) is 5.75 Å². The van der Waals surface area contributed by atoms with Crippen LogP contribution in [0.25, 0.3) is 0 Å². The van der Waals surface area contributed by atoms with Crippen LogP contribution in [-0.4, -0.2) is 17.3 Å². The Balaban J connectivity index is 0. The van der Waals surface area contributed by atoms with E-state index in [2.05, 4.69) is 30.3 Å². The predicted octanol–water partition coefficient (Wildman–Crippen LogP) is -1.85. The van der Waals surface area contributed by atoms with Crippen molar-refractivity contribution >= 4 is 24.4 Å². The SMILES string of the molecule is C#CC[SH2+].C1CCSC1.[Br-]. The Kier molecular flexibility index (Phi) is 16.6. The van der Waals surface area contributed by atoms with E-state index in [1.165, 1.54) is 24.3 Å². The summed E-state index contributed by atoms with van der Waals surface area (Å²) in [4.78, 5) is 0. The Labute approximate surface area is 83.7 Å². The fourth-order valence-corrected chi connectivity index (χ4v) is 1.53. The van der Waals surface area contributed by atoms with E-state index in [-0.39, 0.29) is 17.0 Å². The molecule has 0 atom stereocenters. The summed E-state index contributed by atoms with van der Waals surface area (Å²) in [5.41, 5.74) is 0. The molecule has 0 aliphatic carbocycles. The van der Waals surface area contributed by atoms with Gasteiger partial charge in [-0.2, -0.15) is 11.8 Å². The van der Waals surface area contributed by atoms with Crippen molar-refractivity contribution < 1.29 is 17.0 Å². The second kappa shape index (κ2) is 12.4. The number of thioether (sulfide) groups is 1. The molecule has 1 heterocycles. The van der Waals surface area contributed by atoms with Crippen molar-refractivity contribution in [2.75, 3.05) is 17.3 Å². The molecule has 10 heavy (non-hydrogen) atoms. The molecule has 3 heteroatoms. The van der Waals surface area contributed by atoms with Crippen LogP contribution in [0.2, 0.25) is 0 Å². The summed E-state index contributed by atoms with van der Waals surface area (Å²) in [6.45, 7) is 0. The van der Waals surface area contributed by atoms with Crippen molar-refractivity contribution in [2.45, 2.75) is 12.8 Å². The van der Waals surface area contributed by atoms with Gasteiger partial charge in [-0.1, -0.05) is 5.92 Å².